The second-order valence-electron chi connectivity index (χ2n) is 10.1. The standard InChI is InChI=1S/C32H22BrN3O3/c33-20-14-16-21(17-15-20)36-30(38)27-26-22-10-4-6-12-24(22)32(28(27)31(36)39,25-13-7-5-11-23(25)26)18-34-35-29(37)19-8-2-1-3-9-19/h1-18,26-28H,(H,35,37)/b34-18-/t26?,27-,28-,32?/m0/s1. The Kier molecular flexibility index (Phi) is 5.39. The van der Waals surface area contributed by atoms with Gasteiger partial charge in [0.2, 0.25) is 11.8 Å². The van der Waals surface area contributed by atoms with E-state index >= 15 is 0 Å². The number of hydrogen-bond acceptors (Lipinski definition) is 4. The van der Waals surface area contributed by atoms with Gasteiger partial charge in [-0.2, -0.15) is 5.10 Å². The topological polar surface area (TPSA) is 78.8 Å². The van der Waals surface area contributed by atoms with Crippen molar-refractivity contribution in [3.05, 3.63) is 135 Å². The number of hydrogen-bond donors (Lipinski definition) is 1. The van der Waals surface area contributed by atoms with Crippen LogP contribution in [0.25, 0.3) is 0 Å². The summed E-state index contributed by atoms with van der Waals surface area (Å²) < 4.78 is 0.861. The molecule has 3 aliphatic carbocycles. The van der Waals surface area contributed by atoms with Gasteiger partial charge in [0, 0.05) is 22.2 Å². The molecule has 3 amide bonds. The van der Waals surface area contributed by atoms with E-state index in [0.717, 1.165) is 26.7 Å². The first-order valence-electron chi connectivity index (χ1n) is 12.7. The van der Waals surface area contributed by atoms with Crippen LogP contribution in [0.4, 0.5) is 5.69 Å². The van der Waals surface area contributed by atoms with E-state index in [9.17, 15) is 14.4 Å². The van der Waals surface area contributed by atoms with E-state index in [1.807, 2.05) is 66.7 Å². The summed E-state index contributed by atoms with van der Waals surface area (Å²) in [5.41, 5.74) is 6.54. The van der Waals surface area contributed by atoms with Gasteiger partial charge < -0.3 is 0 Å². The van der Waals surface area contributed by atoms with Gasteiger partial charge in [-0.1, -0.05) is 82.7 Å². The molecule has 1 N–H and O–H groups in total. The molecule has 39 heavy (non-hydrogen) atoms. The average Bonchev–Trinajstić information content (AvgIpc) is 3.25. The third-order valence-corrected chi connectivity index (χ3v) is 8.77. The number of rotatable bonds is 4. The molecule has 0 saturated carbocycles. The van der Waals surface area contributed by atoms with Crippen LogP contribution in [0, 0.1) is 11.8 Å². The predicted molar refractivity (Wildman–Crippen MR) is 152 cm³/mol. The minimum Gasteiger partial charge on any atom is -0.274 e. The summed E-state index contributed by atoms with van der Waals surface area (Å²) in [5, 5.41) is 4.45. The van der Waals surface area contributed by atoms with E-state index in [1.165, 1.54) is 4.90 Å². The van der Waals surface area contributed by atoms with Gasteiger partial charge in [0.15, 0.2) is 0 Å². The lowest BCUT2D eigenvalue weighted by Gasteiger charge is -2.52. The van der Waals surface area contributed by atoms with Crippen LogP contribution in [-0.4, -0.2) is 23.9 Å². The molecule has 8 rings (SSSR count). The first-order chi connectivity index (χ1) is 19.0. The zero-order chi connectivity index (χ0) is 26.7. The third kappa shape index (κ3) is 3.32. The number of benzene rings is 4. The van der Waals surface area contributed by atoms with Gasteiger partial charge in [0.05, 0.1) is 22.9 Å². The number of nitrogens with zero attached hydrogens (tertiary/aromatic N) is 2. The van der Waals surface area contributed by atoms with Crippen LogP contribution in [-0.2, 0) is 15.0 Å². The number of anilines is 1. The molecule has 4 aliphatic rings. The molecule has 190 valence electrons. The highest BCUT2D eigenvalue weighted by Crippen LogP contribution is 2.63. The normalized spacial score (nSPS) is 24.4. The summed E-state index contributed by atoms with van der Waals surface area (Å²) in [6.07, 6.45) is 1.68. The number of carbonyl (C=O) groups is 3. The molecular weight excluding hydrogens is 554 g/mol. The fraction of sp³-hybridized carbons (Fsp3) is 0.125. The fourth-order valence-corrected chi connectivity index (χ4v) is 7.01. The maximum atomic E-state index is 14.3. The molecule has 0 spiro atoms. The molecule has 0 aromatic heterocycles. The molecule has 2 atom stereocenters. The Bertz CT molecular complexity index is 1640. The smallest absolute Gasteiger partial charge is 0.271 e. The van der Waals surface area contributed by atoms with Gasteiger partial charge in [-0.05, 0) is 58.7 Å². The van der Waals surface area contributed by atoms with Gasteiger partial charge in [-0.25, -0.2) is 10.3 Å². The Hall–Kier alpha value is -4.36. The largest absolute Gasteiger partial charge is 0.274 e. The molecule has 7 heteroatoms. The van der Waals surface area contributed by atoms with Gasteiger partial charge in [-0.3, -0.25) is 14.4 Å². The third-order valence-electron chi connectivity index (χ3n) is 8.24. The van der Waals surface area contributed by atoms with Crippen LogP contribution in [0.3, 0.4) is 0 Å². The number of amides is 3. The fourth-order valence-electron chi connectivity index (χ4n) is 6.74. The molecule has 0 radical (unpaired) electrons. The highest BCUT2D eigenvalue weighted by Gasteiger charge is 2.68. The molecule has 0 unspecified atom stereocenters. The average molecular weight is 576 g/mol. The Morgan fingerprint density at radius 1 is 0.795 bits per heavy atom. The Morgan fingerprint density at radius 2 is 1.38 bits per heavy atom. The van der Waals surface area contributed by atoms with E-state index < -0.39 is 17.3 Å². The summed E-state index contributed by atoms with van der Waals surface area (Å²) >= 11 is 3.44. The summed E-state index contributed by atoms with van der Waals surface area (Å²) in [6, 6.07) is 32.0. The summed E-state index contributed by atoms with van der Waals surface area (Å²) in [4.78, 5) is 42.6. The van der Waals surface area contributed by atoms with Crippen LogP contribution in [0.15, 0.2) is 113 Å². The highest BCUT2D eigenvalue weighted by atomic mass is 79.9. The van der Waals surface area contributed by atoms with E-state index in [4.69, 9.17) is 0 Å². The van der Waals surface area contributed by atoms with Crippen molar-refractivity contribution in [1.82, 2.24) is 5.43 Å². The quantitative estimate of drug-likeness (QED) is 0.200. The van der Waals surface area contributed by atoms with Crippen molar-refractivity contribution in [2.75, 3.05) is 4.90 Å². The molecule has 1 saturated heterocycles. The van der Waals surface area contributed by atoms with Crippen molar-refractivity contribution < 1.29 is 14.4 Å². The Balaban J connectivity index is 1.41. The maximum absolute atomic E-state index is 14.3. The van der Waals surface area contributed by atoms with Crippen molar-refractivity contribution in [3.8, 4) is 0 Å². The van der Waals surface area contributed by atoms with E-state index in [-0.39, 0.29) is 23.6 Å². The lowest BCUT2D eigenvalue weighted by Crippen LogP contribution is -2.54. The van der Waals surface area contributed by atoms with Crippen molar-refractivity contribution >= 4 is 45.6 Å². The van der Waals surface area contributed by atoms with Crippen molar-refractivity contribution in [1.29, 1.82) is 0 Å². The zero-order valence-corrected chi connectivity index (χ0v) is 22.2. The maximum Gasteiger partial charge on any atom is 0.271 e. The zero-order valence-electron chi connectivity index (χ0n) is 20.6. The van der Waals surface area contributed by atoms with Crippen LogP contribution in [0.1, 0.15) is 38.5 Å². The molecule has 6 nitrogen and oxygen atoms in total. The second kappa shape index (κ2) is 8.85. The number of imide groups is 1. The first kappa shape index (κ1) is 23.7. The van der Waals surface area contributed by atoms with E-state index in [2.05, 4.69) is 26.5 Å². The molecule has 4 aromatic carbocycles. The lowest BCUT2D eigenvalue weighted by atomic mass is 9.47. The molecule has 4 aromatic rings. The van der Waals surface area contributed by atoms with Gasteiger partial charge in [0.1, 0.15) is 0 Å². The summed E-state index contributed by atoms with van der Waals surface area (Å²) in [7, 11) is 0. The Labute approximate surface area is 233 Å². The lowest BCUT2D eigenvalue weighted by molar-refractivity contribution is -0.122. The highest BCUT2D eigenvalue weighted by molar-refractivity contribution is 9.10. The predicted octanol–water partition coefficient (Wildman–Crippen LogP) is 5.42. The van der Waals surface area contributed by atoms with Crippen molar-refractivity contribution in [3.63, 3.8) is 0 Å². The minimum atomic E-state index is -1.03. The van der Waals surface area contributed by atoms with E-state index in [0.29, 0.717) is 11.3 Å². The van der Waals surface area contributed by atoms with Gasteiger partial charge in [0.25, 0.3) is 5.91 Å². The van der Waals surface area contributed by atoms with Crippen LogP contribution in [0.2, 0.25) is 0 Å². The van der Waals surface area contributed by atoms with Crippen LogP contribution < -0.4 is 10.3 Å². The Morgan fingerprint density at radius 3 is 2.03 bits per heavy atom. The minimum absolute atomic E-state index is 0.215. The van der Waals surface area contributed by atoms with Crippen molar-refractivity contribution in [2.24, 2.45) is 16.9 Å². The van der Waals surface area contributed by atoms with E-state index in [1.54, 1.807) is 42.6 Å². The number of carbonyl (C=O) groups excluding carboxylic acids is 3. The molecular formula is C32H22BrN3O3. The summed E-state index contributed by atoms with van der Waals surface area (Å²) in [5.74, 6) is -2.39. The van der Waals surface area contributed by atoms with Crippen LogP contribution >= 0.6 is 15.9 Å². The first-order valence-corrected chi connectivity index (χ1v) is 13.5. The van der Waals surface area contributed by atoms with Gasteiger partial charge in [-0.15, -0.1) is 0 Å². The second-order valence-corrected chi connectivity index (χ2v) is 11.0. The monoisotopic (exact) mass is 575 g/mol. The van der Waals surface area contributed by atoms with Crippen molar-refractivity contribution in [2.45, 2.75) is 11.3 Å². The van der Waals surface area contributed by atoms with Crippen LogP contribution in [0.5, 0.6) is 0 Å². The number of nitrogens with one attached hydrogen (secondary N) is 1. The summed E-state index contributed by atoms with van der Waals surface area (Å²) in [6.45, 7) is 0. The SMILES string of the molecule is O=C(N/N=C\C12c3ccccc3C(c3ccccc31)[C@@H]1C(=O)N(c3ccc(Br)cc3)C(=O)[C@H]12)c1ccccc1. The number of halogens is 1. The van der Waals surface area contributed by atoms with Gasteiger partial charge >= 0.3 is 0 Å². The molecule has 1 fully saturated rings. The number of hydrazone groups is 1. The molecule has 1 aliphatic heterocycles. The molecule has 2 bridgehead atoms. The molecule has 1 heterocycles.